The van der Waals surface area contributed by atoms with E-state index in [-0.39, 0.29) is 0 Å². The highest BCUT2D eigenvalue weighted by atomic mass is 15.0. The van der Waals surface area contributed by atoms with E-state index in [9.17, 15) is 15.8 Å². The van der Waals surface area contributed by atoms with Crippen LogP contribution in [0.5, 0.6) is 0 Å². The fourth-order valence-electron chi connectivity index (χ4n) is 9.61. The van der Waals surface area contributed by atoms with Crippen LogP contribution >= 0.6 is 0 Å². The van der Waals surface area contributed by atoms with Crippen molar-refractivity contribution in [1.82, 2.24) is 24.5 Å². The highest BCUT2D eigenvalue weighted by Gasteiger charge is 2.26. The van der Waals surface area contributed by atoms with Crippen molar-refractivity contribution in [3.8, 4) is 114 Å². The van der Waals surface area contributed by atoms with E-state index >= 15 is 0 Å². The van der Waals surface area contributed by atoms with Crippen molar-refractivity contribution in [3.05, 3.63) is 247 Å². The summed E-state index contributed by atoms with van der Waals surface area (Å²) in [7, 11) is 0. The van der Waals surface area contributed by atoms with E-state index in [0.29, 0.717) is 56.5 Å². The summed E-state index contributed by atoms with van der Waals surface area (Å²) in [4.78, 5) is 21.3. The van der Waals surface area contributed by atoms with Crippen molar-refractivity contribution < 1.29 is 0 Å². The molecule has 0 atom stereocenters. The van der Waals surface area contributed by atoms with Crippen LogP contribution in [-0.2, 0) is 0 Å². The van der Waals surface area contributed by atoms with E-state index < -0.39 is 0 Å². The highest BCUT2D eigenvalue weighted by molar-refractivity contribution is 6.13. The largest absolute Gasteiger partial charge is 0.308 e. The van der Waals surface area contributed by atoms with Gasteiger partial charge in [-0.2, -0.15) is 15.8 Å². The molecular weight excluding hydrogens is 893 g/mol. The summed E-state index contributed by atoms with van der Waals surface area (Å²) in [5, 5.41) is 32.8. The first-order valence-electron chi connectivity index (χ1n) is 23.7. The number of aromatic nitrogens is 5. The van der Waals surface area contributed by atoms with Crippen LogP contribution in [0.1, 0.15) is 16.7 Å². The summed E-state index contributed by atoms with van der Waals surface area (Å²) < 4.78 is 2.24. The molecule has 338 valence electrons. The van der Waals surface area contributed by atoms with Gasteiger partial charge in [-0.3, -0.25) is 0 Å². The van der Waals surface area contributed by atoms with E-state index in [0.717, 1.165) is 77.7 Å². The van der Waals surface area contributed by atoms with Gasteiger partial charge in [0.1, 0.15) is 0 Å². The maximum atomic E-state index is 11.1. The standard InChI is InChI=1S/C65H38N8/c66-39-42-15-13-25-49(31-42)51-27-29-61-53(35-51)54-36-52(50-26-14-16-43(32-50)40-67)28-30-62(54)73(61)63-55(60-38-59(47-21-9-3-10-22-47)69-64(72-60)48-23-11-4-12-24-48)33-44(41-68)34-56(63)65-70-57(45-17-5-1-6-18-45)37-58(71-65)46-19-7-2-8-20-46/h1-38H. The lowest BCUT2D eigenvalue weighted by molar-refractivity contribution is 1.13. The summed E-state index contributed by atoms with van der Waals surface area (Å²) in [6, 6.07) is 83.0. The molecule has 0 bridgehead atoms. The molecule has 0 aliphatic carbocycles. The van der Waals surface area contributed by atoms with Crippen LogP contribution in [0.4, 0.5) is 0 Å². The zero-order chi connectivity index (χ0) is 49.3. The zero-order valence-electron chi connectivity index (χ0n) is 39.0. The minimum absolute atomic E-state index is 0.393. The molecular formula is C65H38N8. The Morgan fingerprint density at radius 1 is 0.288 bits per heavy atom. The second kappa shape index (κ2) is 18.7. The molecule has 0 saturated carbocycles. The molecule has 0 N–H and O–H groups in total. The molecule has 0 saturated heterocycles. The lowest BCUT2D eigenvalue weighted by Gasteiger charge is -2.20. The first kappa shape index (κ1) is 43.7. The van der Waals surface area contributed by atoms with Crippen LogP contribution in [0.25, 0.3) is 118 Å². The minimum Gasteiger partial charge on any atom is -0.308 e. The predicted octanol–water partition coefficient (Wildman–Crippen LogP) is 15.3. The Kier molecular flexibility index (Phi) is 11.2. The van der Waals surface area contributed by atoms with E-state index in [1.807, 2.05) is 182 Å². The van der Waals surface area contributed by atoms with Gasteiger partial charge in [-0.15, -0.1) is 0 Å². The van der Waals surface area contributed by atoms with Crippen molar-refractivity contribution in [1.29, 1.82) is 15.8 Å². The molecule has 0 amide bonds. The number of nitriles is 3. The van der Waals surface area contributed by atoms with E-state index in [1.54, 1.807) is 12.1 Å². The molecule has 8 heteroatoms. The van der Waals surface area contributed by atoms with Gasteiger partial charge in [-0.05, 0) is 95.1 Å². The molecule has 73 heavy (non-hydrogen) atoms. The third-order valence-electron chi connectivity index (χ3n) is 13.1. The van der Waals surface area contributed by atoms with Crippen molar-refractivity contribution in [2.45, 2.75) is 0 Å². The van der Waals surface area contributed by atoms with Crippen molar-refractivity contribution >= 4 is 21.8 Å². The summed E-state index contributed by atoms with van der Waals surface area (Å²) in [6.45, 7) is 0. The Morgan fingerprint density at radius 3 is 1.14 bits per heavy atom. The molecule has 9 aromatic carbocycles. The van der Waals surface area contributed by atoms with Crippen molar-refractivity contribution in [2.24, 2.45) is 0 Å². The lowest BCUT2D eigenvalue weighted by Crippen LogP contribution is -2.06. The van der Waals surface area contributed by atoms with E-state index in [2.05, 4.69) is 59.2 Å². The maximum Gasteiger partial charge on any atom is 0.162 e. The normalized spacial score (nSPS) is 11.0. The molecule has 0 radical (unpaired) electrons. The summed E-state index contributed by atoms with van der Waals surface area (Å²) in [6.07, 6.45) is 0. The molecule has 8 nitrogen and oxygen atoms in total. The Labute approximate surface area is 421 Å². The summed E-state index contributed by atoms with van der Waals surface area (Å²) in [5.74, 6) is 0.940. The molecule has 3 aromatic heterocycles. The van der Waals surface area contributed by atoms with Crippen LogP contribution in [0.15, 0.2) is 231 Å². The fraction of sp³-hybridized carbons (Fsp3) is 0. The first-order chi connectivity index (χ1) is 36.0. The fourth-order valence-corrected chi connectivity index (χ4v) is 9.61. The summed E-state index contributed by atoms with van der Waals surface area (Å²) >= 11 is 0. The van der Waals surface area contributed by atoms with Crippen LogP contribution < -0.4 is 0 Å². The summed E-state index contributed by atoms with van der Waals surface area (Å²) in [5.41, 5.74) is 15.2. The van der Waals surface area contributed by atoms with Gasteiger partial charge in [0, 0.05) is 44.2 Å². The first-order valence-corrected chi connectivity index (χ1v) is 23.7. The molecule has 3 heterocycles. The average Bonchev–Trinajstić information content (AvgIpc) is 3.80. The van der Waals surface area contributed by atoms with Crippen LogP contribution in [0.2, 0.25) is 0 Å². The smallest absolute Gasteiger partial charge is 0.162 e. The second-order valence-electron chi connectivity index (χ2n) is 17.6. The third-order valence-corrected chi connectivity index (χ3v) is 13.1. The SMILES string of the molecule is N#Cc1cccc(-c2ccc3c(c2)c2cc(-c4cccc(C#N)c4)ccc2n3-c2c(-c3cc(-c4ccccc4)nc(-c4ccccc4)n3)cc(C#N)cc2-c2nc(-c3ccccc3)cc(-c3ccccc3)n2)c1. The average molecular weight is 931 g/mol. The highest BCUT2D eigenvalue weighted by Crippen LogP contribution is 2.44. The van der Waals surface area contributed by atoms with Crippen molar-refractivity contribution in [3.63, 3.8) is 0 Å². The van der Waals surface area contributed by atoms with Crippen molar-refractivity contribution in [2.75, 3.05) is 0 Å². The monoisotopic (exact) mass is 930 g/mol. The van der Waals surface area contributed by atoms with Gasteiger partial charge in [-0.1, -0.05) is 158 Å². The Morgan fingerprint density at radius 2 is 0.671 bits per heavy atom. The van der Waals surface area contributed by atoms with Gasteiger partial charge in [0.05, 0.1) is 74.4 Å². The van der Waals surface area contributed by atoms with Gasteiger partial charge in [0.2, 0.25) is 0 Å². The topological polar surface area (TPSA) is 128 Å². The van der Waals surface area contributed by atoms with E-state index in [4.69, 9.17) is 19.9 Å². The van der Waals surface area contributed by atoms with Gasteiger partial charge in [-0.25, -0.2) is 19.9 Å². The molecule has 0 unspecified atom stereocenters. The van der Waals surface area contributed by atoms with Crippen LogP contribution in [0.3, 0.4) is 0 Å². The molecule has 0 spiro atoms. The van der Waals surface area contributed by atoms with Gasteiger partial charge in [0.15, 0.2) is 11.6 Å². The van der Waals surface area contributed by atoms with Gasteiger partial charge >= 0.3 is 0 Å². The quantitative estimate of drug-likeness (QED) is 0.141. The van der Waals surface area contributed by atoms with Gasteiger partial charge in [0.25, 0.3) is 0 Å². The Bertz CT molecular complexity index is 3840. The number of nitrogens with zero attached hydrogens (tertiary/aromatic N) is 8. The molecule has 12 rings (SSSR count). The second-order valence-corrected chi connectivity index (χ2v) is 17.6. The third kappa shape index (κ3) is 8.32. The Hall–Kier alpha value is -10.6. The molecule has 0 fully saturated rings. The number of hydrogen-bond acceptors (Lipinski definition) is 7. The lowest BCUT2D eigenvalue weighted by atomic mass is 9.97. The van der Waals surface area contributed by atoms with Gasteiger partial charge < -0.3 is 4.57 Å². The number of hydrogen-bond donors (Lipinski definition) is 0. The van der Waals surface area contributed by atoms with Crippen LogP contribution in [0, 0.1) is 34.0 Å². The number of rotatable bonds is 9. The maximum absolute atomic E-state index is 11.1. The predicted molar refractivity (Wildman–Crippen MR) is 290 cm³/mol. The molecule has 0 aliphatic rings. The minimum atomic E-state index is 0.393. The molecule has 0 aliphatic heterocycles. The zero-order valence-corrected chi connectivity index (χ0v) is 39.0. The number of fused-ring (bicyclic) bond motifs is 3. The Balaban J connectivity index is 1.23. The number of benzene rings is 9. The van der Waals surface area contributed by atoms with E-state index in [1.165, 1.54) is 0 Å². The van der Waals surface area contributed by atoms with Crippen LogP contribution in [-0.4, -0.2) is 24.5 Å². The molecule has 12 aromatic rings.